The summed E-state index contributed by atoms with van der Waals surface area (Å²) in [4.78, 5) is 8.39. The molecule has 2 aromatic heterocycles. The van der Waals surface area contributed by atoms with E-state index in [-0.39, 0.29) is 6.04 Å². The number of hydrogen-bond acceptors (Lipinski definition) is 4. The second-order valence-electron chi connectivity index (χ2n) is 4.90. The van der Waals surface area contributed by atoms with Gasteiger partial charge in [-0.1, -0.05) is 24.3 Å². The Bertz CT molecular complexity index is 662. The summed E-state index contributed by atoms with van der Waals surface area (Å²) in [6.07, 6.45) is 6.95. The number of H-pyrrole nitrogens is 1. The molecule has 0 saturated carbocycles. The van der Waals surface area contributed by atoms with Gasteiger partial charge < -0.3 is 5.32 Å². The van der Waals surface area contributed by atoms with Gasteiger partial charge in [-0.2, -0.15) is 5.10 Å². The van der Waals surface area contributed by atoms with Crippen molar-refractivity contribution in [1.82, 2.24) is 25.5 Å². The molecule has 0 aliphatic carbocycles. The van der Waals surface area contributed by atoms with Crippen molar-refractivity contribution in [2.75, 3.05) is 0 Å². The van der Waals surface area contributed by atoms with E-state index in [0.717, 1.165) is 23.5 Å². The van der Waals surface area contributed by atoms with Crippen molar-refractivity contribution in [3.8, 4) is 11.3 Å². The largest absolute Gasteiger partial charge is 0.305 e. The Morgan fingerprint density at radius 1 is 1.10 bits per heavy atom. The van der Waals surface area contributed by atoms with Gasteiger partial charge in [-0.3, -0.25) is 15.1 Å². The minimum Gasteiger partial charge on any atom is -0.305 e. The SMILES string of the molecule is CC(NCc1ccc(-c2ccn[nH]2)cc1)c1cnccn1. The van der Waals surface area contributed by atoms with E-state index in [1.54, 1.807) is 24.8 Å². The second-order valence-corrected chi connectivity index (χ2v) is 4.90. The Morgan fingerprint density at radius 3 is 2.62 bits per heavy atom. The van der Waals surface area contributed by atoms with Crippen molar-refractivity contribution in [1.29, 1.82) is 0 Å². The molecule has 2 N–H and O–H groups in total. The first-order chi connectivity index (χ1) is 10.3. The van der Waals surface area contributed by atoms with Crippen LogP contribution in [0.15, 0.2) is 55.1 Å². The third kappa shape index (κ3) is 3.32. The molecule has 1 aromatic carbocycles. The van der Waals surface area contributed by atoms with Crippen LogP contribution in [-0.4, -0.2) is 20.2 Å². The average Bonchev–Trinajstić information content (AvgIpc) is 3.08. The summed E-state index contributed by atoms with van der Waals surface area (Å²) in [5, 5.41) is 10.4. The third-order valence-electron chi connectivity index (χ3n) is 3.40. The lowest BCUT2D eigenvalue weighted by Crippen LogP contribution is -2.19. The van der Waals surface area contributed by atoms with Crippen LogP contribution in [0.5, 0.6) is 0 Å². The maximum Gasteiger partial charge on any atom is 0.0753 e. The quantitative estimate of drug-likeness (QED) is 0.753. The zero-order valence-electron chi connectivity index (χ0n) is 11.8. The molecule has 3 aromatic rings. The van der Waals surface area contributed by atoms with Gasteiger partial charge in [-0.15, -0.1) is 0 Å². The molecule has 0 saturated heterocycles. The van der Waals surface area contributed by atoms with Gasteiger partial charge in [-0.25, -0.2) is 0 Å². The number of rotatable bonds is 5. The van der Waals surface area contributed by atoms with E-state index >= 15 is 0 Å². The van der Waals surface area contributed by atoms with Crippen molar-refractivity contribution < 1.29 is 0 Å². The Morgan fingerprint density at radius 2 is 1.95 bits per heavy atom. The van der Waals surface area contributed by atoms with Crippen LogP contribution in [0.3, 0.4) is 0 Å². The van der Waals surface area contributed by atoms with Crippen molar-refractivity contribution in [3.05, 3.63) is 66.4 Å². The monoisotopic (exact) mass is 279 g/mol. The second kappa shape index (κ2) is 6.28. The van der Waals surface area contributed by atoms with Gasteiger partial charge in [0.05, 0.1) is 11.4 Å². The Hall–Kier alpha value is -2.53. The molecule has 5 nitrogen and oxygen atoms in total. The van der Waals surface area contributed by atoms with Gasteiger partial charge in [0.25, 0.3) is 0 Å². The molecule has 0 fully saturated rings. The maximum absolute atomic E-state index is 4.30. The molecule has 1 unspecified atom stereocenters. The van der Waals surface area contributed by atoms with Gasteiger partial charge >= 0.3 is 0 Å². The van der Waals surface area contributed by atoms with E-state index in [2.05, 4.69) is 56.7 Å². The van der Waals surface area contributed by atoms with Crippen LogP contribution in [-0.2, 0) is 6.54 Å². The first-order valence-corrected chi connectivity index (χ1v) is 6.91. The van der Waals surface area contributed by atoms with Crippen LogP contribution < -0.4 is 5.32 Å². The minimum atomic E-state index is 0.172. The number of nitrogens with one attached hydrogen (secondary N) is 2. The summed E-state index contributed by atoms with van der Waals surface area (Å²) in [5.41, 5.74) is 4.35. The van der Waals surface area contributed by atoms with Crippen LogP contribution in [0.2, 0.25) is 0 Å². The summed E-state index contributed by atoms with van der Waals surface area (Å²) >= 11 is 0. The zero-order valence-corrected chi connectivity index (χ0v) is 11.8. The summed E-state index contributed by atoms with van der Waals surface area (Å²) in [6, 6.07) is 10.6. The van der Waals surface area contributed by atoms with Crippen LogP contribution in [0.25, 0.3) is 11.3 Å². The van der Waals surface area contributed by atoms with E-state index in [1.165, 1.54) is 5.56 Å². The van der Waals surface area contributed by atoms with E-state index in [9.17, 15) is 0 Å². The zero-order chi connectivity index (χ0) is 14.5. The highest BCUT2D eigenvalue weighted by atomic mass is 15.1. The standard InChI is InChI=1S/C16H17N5/c1-12(16-11-17-8-9-18-16)19-10-13-2-4-14(5-3-13)15-6-7-20-21-15/h2-9,11-12,19H,10H2,1H3,(H,20,21). The van der Waals surface area contributed by atoms with Crippen molar-refractivity contribution in [3.63, 3.8) is 0 Å². The molecule has 21 heavy (non-hydrogen) atoms. The van der Waals surface area contributed by atoms with Crippen LogP contribution in [0, 0.1) is 0 Å². The molecule has 0 aliphatic heterocycles. The van der Waals surface area contributed by atoms with Crippen LogP contribution in [0.1, 0.15) is 24.2 Å². The molecule has 0 spiro atoms. The van der Waals surface area contributed by atoms with Crippen LogP contribution in [0.4, 0.5) is 0 Å². The first kappa shape index (κ1) is 13.5. The highest BCUT2D eigenvalue weighted by Gasteiger charge is 2.06. The molecule has 0 aliphatic rings. The normalized spacial score (nSPS) is 12.2. The van der Waals surface area contributed by atoms with Crippen molar-refractivity contribution in [2.45, 2.75) is 19.5 Å². The number of aromatic amines is 1. The lowest BCUT2D eigenvalue weighted by molar-refractivity contribution is 0.559. The number of benzene rings is 1. The fourth-order valence-electron chi connectivity index (χ4n) is 2.13. The van der Waals surface area contributed by atoms with E-state index in [1.807, 2.05) is 6.07 Å². The van der Waals surface area contributed by atoms with E-state index < -0.39 is 0 Å². The molecular formula is C16H17N5. The molecule has 106 valence electrons. The summed E-state index contributed by atoms with van der Waals surface area (Å²) in [5.74, 6) is 0. The smallest absolute Gasteiger partial charge is 0.0753 e. The summed E-state index contributed by atoms with van der Waals surface area (Å²) in [7, 11) is 0. The van der Waals surface area contributed by atoms with Gasteiger partial charge in [0, 0.05) is 37.4 Å². The Balaban J connectivity index is 1.61. The average molecular weight is 279 g/mol. The topological polar surface area (TPSA) is 66.5 Å². The molecular weight excluding hydrogens is 262 g/mol. The summed E-state index contributed by atoms with van der Waals surface area (Å²) in [6.45, 7) is 2.88. The molecule has 3 rings (SSSR count). The fourth-order valence-corrected chi connectivity index (χ4v) is 2.13. The Labute approximate surface area is 123 Å². The molecule has 5 heteroatoms. The lowest BCUT2D eigenvalue weighted by atomic mass is 10.1. The van der Waals surface area contributed by atoms with Crippen molar-refractivity contribution in [2.24, 2.45) is 0 Å². The lowest BCUT2D eigenvalue weighted by Gasteiger charge is -2.13. The minimum absolute atomic E-state index is 0.172. The number of hydrogen-bond donors (Lipinski definition) is 2. The molecule has 0 amide bonds. The molecule has 0 bridgehead atoms. The summed E-state index contributed by atoms with van der Waals surface area (Å²) < 4.78 is 0. The first-order valence-electron chi connectivity index (χ1n) is 6.91. The van der Waals surface area contributed by atoms with Gasteiger partial charge in [0.15, 0.2) is 0 Å². The maximum atomic E-state index is 4.30. The molecule has 1 atom stereocenters. The number of nitrogens with zero attached hydrogens (tertiary/aromatic N) is 3. The number of aromatic nitrogens is 4. The van der Waals surface area contributed by atoms with Gasteiger partial charge in [0.2, 0.25) is 0 Å². The highest BCUT2D eigenvalue weighted by Crippen LogP contribution is 2.17. The van der Waals surface area contributed by atoms with Gasteiger partial charge in [0.1, 0.15) is 0 Å². The molecule has 0 radical (unpaired) electrons. The van der Waals surface area contributed by atoms with Crippen molar-refractivity contribution >= 4 is 0 Å². The fraction of sp³-hybridized carbons (Fsp3) is 0.188. The van der Waals surface area contributed by atoms with E-state index in [0.29, 0.717) is 0 Å². The predicted octanol–water partition coefficient (Wildman–Crippen LogP) is 2.72. The van der Waals surface area contributed by atoms with Crippen LogP contribution >= 0.6 is 0 Å². The van der Waals surface area contributed by atoms with Gasteiger partial charge in [-0.05, 0) is 24.1 Å². The highest BCUT2D eigenvalue weighted by molar-refractivity contribution is 5.58. The van der Waals surface area contributed by atoms with E-state index in [4.69, 9.17) is 0 Å². The molecule has 2 heterocycles. The predicted molar refractivity (Wildman–Crippen MR) is 81.3 cm³/mol. The Kier molecular flexibility index (Phi) is 4.02. The third-order valence-corrected chi connectivity index (χ3v) is 3.40.